The Labute approximate surface area is 175 Å². The molecule has 1 unspecified atom stereocenters. The Morgan fingerprint density at radius 1 is 0.900 bits per heavy atom. The number of benzene rings is 2. The van der Waals surface area contributed by atoms with E-state index in [-0.39, 0.29) is 35.4 Å². The molecule has 2 heterocycles. The Morgan fingerprint density at radius 3 is 2.33 bits per heavy atom. The standard InChI is InChI=1S/C24H26F2N2O2/c25-20-8-6-18(7-9-20)23(29)27-13-10-19(11-14-27)24(30)28-12-2-5-22(28)16-17-3-1-4-21(26)15-17/h1,3-4,6-9,15,19,22H,2,5,10-14,16H2. The first-order valence-electron chi connectivity index (χ1n) is 10.6. The van der Waals surface area contributed by atoms with E-state index in [4.69, 9.17) is 0 Å². The van der Waals surface area contributed by atoms with Crippen LogP contribution in [0.3, 0.4) is 0 Å². The van der Waals surface area contributed by atoms with Gasteiger partial charge in [-0.05, 0) is 74.1 Å². The van der Waals surface area contributed by atoms with Crippen molar-refractivity contribution >= 4 is 11.8 Å². The predicted molar refractivity (Wildman–Crippen MR) is 110 cm³/mol. The molecule has 4 rings (SSSR count). The van der Waals surface area contributed by atoms with Gasteiger partial charge in [0.25, 0.3) is 5.91 Å². The lowest BCUT2D eigenvalue weighted by molar-refractivity contribution is -0.137. The predicted octanol–water partition coefficient (Wildman–Crippen LogP) is 4.05. The molecule has 6 heteroatoms. The van der Waals surface area contributed by atoms with Crippen LogP contribution in [0.25, 0.3) is 0 Å². The average Bonchev–Trinajstić information content (AvgIpc) is 3.21. The average molecular weight is 412 g/mol. The molecule has 2 saturated heterocycles. The Balaban J connectivity index is 1.34. The second-order valence-corrected chi connectivity index (χ2v) is 8.24. The van der Waals surface area contributed by atoms with Gasteiger partial charge in [-0.1, -0.05) is 12.1 Å². The van der Waals surface area contributed by atoms with Crippen molar-refractivity contribution in [3.05, 3.63) is 71.3 Å². The first kappa shape index (κ1) is 20.5. The molecule has 2 aromatic carbocycles. The van der Waals surface area contributed by atoms with Crippen molar-refractivity contribution in [3.8, 4) is 0 Å². The molecule has 0 N–H and O–H groups in total. The topological polar surface area (TPSA) is 40.6 Å². The number of piperidine rings is 1. The van der Waals surface area contributed by atoms with Gasteiger partial charge in [-0.15, -0.1) is 0 Å². The van der Waals surface area contributed by atoms with Crippen molar-refractivity contribution in [2.45, 2.75) is 38.1 Å². The Hall–Kier alpha value is -2.76. The maximum atomic E-state index is 13.5. The largest absolute Gasteiger partial charge is 0.339 e. The molecule has 0 bridgehead atoms. The van der Waals surface area contributed by atoms with Gasteiger partial charge in [-0.3, -0.25) is 9.59 Å². The Bertz CT molecular complexity index is 908. The second kappa shape index (κ2) is 8.94. The summed E-state index contributed by atoms with van der Waals surface area (Å²) < 4.78 is 26.6. The summed E-state index contributed by atoms with van der Waals surface area (Å²) in [5, 5.41) is 0. The van der Waals surface area contributed by atoms with Crippen molar-refractivity contribution in [1.82, 2.24) is 9.80 Å². The van der Waals surface area contributed by atoms with Crippen LogP contribution in [0.1, 0.15) is 41.6 Å². The molecule has 2 aliphatic heterocycles. The molecule has 0 radical (unpaired) electrons. The Morgan fingerprint density at radius 2 is 1.63 bits per heavy atom. The summed E-state index contributed by atoms with van der Waals surface area (Å²) in [5.74, 6) is -0.667. The molecular formula is C24H26F2N2O2. The van der Waals surface area contributed by atoms with Crippen LogP contribution in [-0.4, -0.2) is 47.3 Å². The van der Waals surface area contributed by atoms with Gasteiger partial charge >= 0.3 is 0 Å². The smallest absolute Gasteiger partial charge is 0.253 e. The minimum Gasteiger partial charge on any atom is -0.339 e. The minimum atomic E-state index is -0.366. The molecule has 2 aliphatic rings. The number of hydrogen-bond acceptors (Lipinski definition) is 2. The van der Waals surface area contributed by atoms with E-state index in [0.29, 0.717) is 37.9 Å². The molecule has 0 aromatic heterocycles. The molecule has 0 saturated carbocycles. The third-order valence-corrected chi connectivity index (χ3v) is 6.24. The summed E-state index contributed by atoms with van der Waals surface area (Å²) in [5.41, 5.74) is 1.38. The van der Waals surface area contributed by atoms with Gasteiger partial charge in [0.05, 0.1) is 0 Å². The third kappa shape index (κ3) is 4.53. The lowest BCUT2D eigenvalue weighted by atomic mass is 9.94. The number of nitrogens with zero attached hydrogens (tertiary/aromatic N) is 2. The van der Waals surface area contributed by atoms with Gasteiger partial charge in [0.1, 0.15) is 11.6 Å². The summed E-state index contributed by atoms with van der Waals surface area (Å²) in [6.07, 6.45) is 3.84. The van der Waals surface area contributed by atoms with Crippen molar-refractivity contribution in [3.63, 3.8) is 0 Å². The van der Waals surface area contributed by atoms with Gasteiger partial charge in [-0.2, -0.15) is 0 Å². The van der Waals surface area contributed by atoms with E-state index >= 15 is 0 Å². The highest BCUT2D eigenvalue weighted by Gasteiger charge is 2.35. The van der Waals surface area contributed by atoms with Crippen LogP contribution in [0.4, 0.5) is 8.78 Å². The van der Waals surface area contributed by atoms with Crippen molar-refractivity contribution in [2.24, 2.45) is 5.92 Å². The van der Waals surface area contributed by atoms with E-state index in [0.717, 1.165) is 24.9 Å². The van der Waals surface area contributed by atoms with Crippen LogP contribution < -0.4 is 0 Å². The summed E-state index contributed by atoms with van der Waals surface area (Å²) in [6.45, 7) is 1.79. The lowest BCUT2D eigenvalue weighted by Gasteiger charge is -2.35. The fourth-order valence-electron chi connectivity index (χ4n) is 4.61. The number of rotatable bonds is 4. The number of likely N-dealkylation sites (tertiary alicyclic amines) is 2. The van der Waals surface area contributed by atoms with Gasteiger partial charge < -0.3 is 9.80 Å². The monoisotopic (exact) mass is 412 g/mol. The first-order chi connectivity index (χ1) is 14.5. The maximum Gasteiger partial charge on any atom is 0.253 e. The van der Waals surface area contributed by atoms with Crippen LogP contribution >= 0.6 is 0 Å². The van der Waals surface area contributed by atoms with Crippen LogP contribution in [0.5, 0.6) is 0 Å². The Kier molecular flexibility index (Phi) is 6.11. The zero-order valence-electron chi connectivity index (χ0n) is 16.9. The zero-order valence-corrected chi connectivity index (χ0v) is 16.9. The summed E-state index contributed by atoms with van der Waals surface area (Å²) in [7, 11) is 0. The maximum absolute atomic E-state index is 13.5. The summed E-state index contributed by atoms with van der Waals surface area (Å²) >= 11 is 0. The van der Waals surface area contributed by atoms with Gasteiger partial charge in [0.2, 0.25) is 5.91 Å². The van der Waals surface area contributed by atoms with E-state index in [9.17, 15) is 18.4 Å². The van der Waals surface area contributed by atoms with Crippen LogP contribution in [0.15, 0.2) is 48.5 Å². The van der Waals surface area contributed by atoms with E-state index in [1.165, 1.54) is 30.3 Å². The van der Waals surface area contributed by atoms with Crippen LogP contribution in [-0.2, 0) is 11.2 Å². The zero-order chi connectivity index (χ0) is 21.1. The first-order valence-corrected chi connectivity index (χ1v) is 10.6. The van der Waals surface area contributed by atoms with Crippen molar-refractivity contribution in [2.75, 3.05) is 19.6 Å². The van der Waals surface area contributed by atoms with E-state index in [1.807, 2.05) is 11.0 Å². The molecule has 1 atom stereocenters. The fraction of sp³-hybridized carbons (Fsp3) is 0.417. The molecule has 4 nitrogen and oxygen atoms in total. The highest BCUT2D eigenvalue weighted by molar-refractivity contribution is 5.94. The van der Waals surface area contributed by atoms with E-state index < -0.39 is 0 Å². The summed E-state index contributed by atoms with van der Waals surface area (Å²) in [4.78, 5) is 29.5. The number of carbonyl (C=O) groups excluding carboxylic acids is 2. The minimum absolute atomic E-state index is 0.0876. The van der Waals surface area contributed by atoms with E-state index in [1.54, 1.807) is 17.0 Å². The lowest BCUT2D eigenvalue weighted by Crippen LogP contribution is -2.46. The SMILES string of the molecule is O=C(c1ccc(F)cc1)N1CCC(C(=O)N2CCCC2Cc2cccc(F)c2)CC1. The number of halogens is 2. The van der Waals surface area contributed by atoms with Crippen LogP contribution in [0.2, 0.25) is 0 Å². The van der Waals surface area contributed by atoms with Gasteiger partial charge in [0.15, 0.2) is 0 Å². The van der Waals surface area contributed by atoms with Crippen LogP contribution in [0, 0.1) is 17.6 Å². The molecule has 158 valence electrons. The number of hydrogen-bond donors (Lipinski definition) is 0. The van der Waals surface area contributed by atoms with Gasteiger partial charge in [-0.25, -0.2) is 8.78 Å². The molecule has 0 spiro atoms. The van der Waals surface area contributed by atoms with E-state index in [2.05, 4.69) is 0 Å². The molecule has 2 aromatic rings. The molecule has 2 amide bonds. The number of amides is 2. The second-order valence-electron chi connectivity index (χ2n) is 8.24. The summed E-state index contributed by atoms with van der Waals surface area (Å²) in [6, 6.07) is 12.3. The molecule has 0 aliphatic carbocycles. The fourth-order valence-corrected chi connectivity index (χ4v) is 4.61. The molecular weight excluding hydrogens is 386 g/mol. The van der Waals surface area contributed by atoms with Crippen molar-refractivity contribution in [1.29, 1.82) is 0 Å². The molecule has 2 fully saturated rings. The third-order valence-electron chi connectivity index (χ3n) is 6.24. The number of carbonyl (C=O) groups is 2. The quantitative estimate of drug-likeness (QED) is 0.760. The highest BCUT2D eigenvalue weighted by atomic mass is 19.1. The van der Waals surface area contributed by atoms with Gasteiger partial charge in [0, 0.05) is 37.2 Å². The van der Waals surface area contributed by atoms with Crippen molar-refractivity contribution < 1.29 is 18.4 Å². The highest BCUT2D eigenvalue weighted by Crippen LogP contribution is 2.28. The normalized spacial score (nSPS) is 19.9. The molecule has 30 heavy (non-hydrogen) atoms.